The predicted octanol–water partition coefficient (Wildman–Crippen LogP) is 1.47. The fourth-order valence-electron chi connectivity index (χ4n) is 6.84. The number of carbonyl (C=O) groups is 1. The van der Waals surface area contributed by atoms with Crippen LogP contribution < -0.4 is 21.5 Å². The van der Waals surface area contributed by atoms with Gasteiger partial charge >= 0.3 is 6.18 Å². The molecule has 0 aromatic rings. The minimum atomic E-state index is -4.31. The van der Waals surface area contributed by atoms with E-state index in [1.807, 2.05) is 0 Å². The standard InChI is InChI=1S/C22H36F4N6O/c1-12-5-6-16(23)15-10-17(28-19(12)15)20(33)27-13-3-2-4-14(9-13)31-7-8-32-18(11-31)29-30-21(32)22(24,25)26/h12-19,21,28-30H,2-11H2,1H3,(H,27,33)/t12?,13-,14-,15?,16?,17?,18?,19?,21?/m1/s1. The fraction of sp³-hybridized carbons (Fsp3) is 0.955. The summed E-state index contributed by atoms with van der Waals surface area (Å²) in [6.45, 7) is 3.59. The van der Waals surface area contributed by atoms with Crippen LogP contribution in [-0.2, 0) is 4.79 Å². The number of nitrogens with one attached hydrogen (secondary N) is 4. The van der Waals surface area contributed by atoms with Gasteiger partial charge in [0.1, 0.15) is 6.17 Å². The van der Waals surface area contributed by atoms with Gasteiger partial charge in [0.2, 0.25) is 5.91 Å². The third-order valence-corrected chi connectivity index (χ3v) is 8.65. The van der Waals surface area contributed by atoms with Gasteiger partial charge in [-0.1, -0.05) is 6.92 Å². The van der Waals surface area contributed by atoms with E-state index in [2.05, 4.69) is 33.3 Å². The quantitative estimate of drug-likeness (QED) is 0.463. The number of fused-ring (bicyclic) bond motifs is 2. The molecular formula is C22H36F4N6O. The maximum absolute atomic E-state index is 14.4. The van der Waals surface area contributed by atoms with Gasteiger partial charge in [0.05, 0.1) is 12.2 Å². The Bertz CT molecular complexity index is 707. The van der Waals surface area contributed by atoms with Crippen molar-refractivity contribution in [3.8, 4) is 0 Å². The summed E-state index contributed by atoms with van der Waals surface area (Å²) in [5.41, 5.74) is 5.19. The zero-order valence-corrected chi connectivity index (χ0v) is 19.1. The van der Waals surface area contributed by atoms with Crippen LogP contribution in [0.3, 0.4) is 0 Å². The molecule has 2 aliphatic carbocycles. The van der Waals surface area contributed by atoms with Crippen molar-refractivity contribution in [2.24, 2.45) is 11.8 Å². The monoisotopic (exact) mass is 476 g/mol. The summed E-state index contributed by atoms with van der Waals surface area (Å²) in [7, 11) is 0. The number of hydrazine groups is 1. The fourth-order valence-corrected chi connectivity index (χ4v) is 6.84. The molecule has 33 heavy (non-hydrogen) atoms. The molecule has 11 heteroatoms. The molecule has 4 N–H and O–H groups in total. The molecule has 188 valence electrons. The second kappa shape index (κ2) is 9.22. The predicted molar refractivity (Wildman–Crippen MR) is 114 cm³/mol. The summed E-state index contributed by atoms with van der Waals surface area (Å²) in [6.07, 6.45) is -1.48. The number of alkyl halides is 4. The van der Waals surface area contributed by atoms with Crippen molar-refractivity contribution in [2.45, 2.75) is 101 Å². The average Bonchev–Trinajstić information content (AvgIpc) is 3.41. The van der Waals surface area contributed by atoms with Crippen LogP contribution in [0, 0.1) is 11.8 Å². The van der Waals surface area contributed by atoms with E-state index >= 15 is 0 Å². The van der Waals surface area contributed by atoms with Gasteiger partial charge in [-0.2, -0.15) is 13.2 Å². The molecule has 5 rings (SSSR count). The summed E-state index contributed by atoms with van der Waals surface area (Å²) in [4.78, 5) is 16.7. The van der Waals surface area contributed by atoms with E-state index in [1.165, 1.54) is 4.90 Å². The highest BCUT2D eigenvalue weighted by Gasteiger charge is 2.52. The average molecular weight is 477 g/mol. The minimum absolute atomic E-state index is 0.0334. The van der Waals surface area contributed by atoms with Crippen molar-refractivity contribution in [3.05, 3.63) is 0 Å². The van der Waals surface area contributed by atoms with Crippen molar-refractivity contribution in [1.29, 1.82) is 0 Å². The van der Waals surface area contributed by atoms with Crippen molar-refractivity contribution >= 4 is 5.91 Å². The number of hydrogen-bond acceptors (Lipinski definition) is 6. The molecule has 0 aromatic carbocycles. The first-order chi connectivity index (χ1) is 15.7. The lowest BCUT2D eigenvalue weighted by Crippen LogP contribution is -2.60. The van der Waals surface area contributed by atoms with Crippen LogP contribution in [0.25, 0.3) is 0 Å². The van der Waals surface area contributed by atoms with E-state index in [-0.39, 0.29) is 42.2 Å². The van der Waals surface area contributed by atoms with Crippen LogP contribution in [0.15, 0.2) is 0 Å². The Kier molecular flexibility index (Phi) is 6.63. The van der Waals surface area contributed by atoms with Crippen LogP contribution in [0.2, 0.25) is 0 Å². The second-order valence-corrected chi connectivity index (χ2v) is 10.7. The zero-order chi connectivity index (χ0) is 23.3. The van der Waals surface area contributed by atoms with Crippen molar-refractivity contribution in [1.82, 2.24) is 31.3 Å². The number of halogens is 4. The van der Waals surface area contributed by atoms with Gasteiger partial charge in [-0.25, -0.2) is 15.2 Å². The molecule has 3 aliphatic heterocycles. The van der Waals surface area contributed by atoms with E-state index < -0.39 is 18.5 Å². The van der Waals surface area contributed by atoms with Gasteiger partial charge in [-0.05, 0) is 50.9 Å². The van der Waals surface area contributed by atoms with Gasteiger partial charge in [-0.3, -0.25) is 14.6 Å². The topological polar surface area (TPSA) is 71.7 Å². The minimum Gasteiger partial charge on any atom is -0.352 e. The normalized spacial score (nSPS) is 44.9. The van der Waals surface area contributed by atoms with Crippen LogP contribution >= 0.6 is 0 Å². The van der Waals surface area contributed by atoms with Gasteiger partial charge < -0.3 is 10.6 Å². The maximum atomic E-state index is 14.4. The summed E-state index contributed by atoms with van der Waals surface area (Å²) >= 11 is 0. The van der Waals surface area contributed by atoms with Crippen molar-refractivity contribution < 1.29 is 22.4 Å². The Hall–Kier alpha value is -1.01. The first kappa shape index (κ1) is 23.7. The molecule has 1 amide bonds. The third kappa shape index (κ3) is 4.76. The summed E-state index contributed by atoms with van der Waals surface area (Å²) < 4.78 is 54.0. The van der Waals surface area contributed by atoms with Gasteiger partial charge in [0.15, 0.2) is 6.17 Å². The van der Waals surface area contributed by atoms with E-state index in [4.69, 9.17) is 0 Å². The highest BCUT2D eigenvalue weighted by atomic mass is 19.4. The number of carbonyl (C=O) groups excluding carboxylic acids is 1. The molecule has 2 saturated carbocycles. The lowest BCUT2D eigenvalue weighted by Gasteiger charge is -2.44. The van der Waals surface area contributed by atoms with Crippen LogP contribution in [0.5, 0.6) is 0 Å². The second-order valence-electron chi connectivity index (χ2n) is 10.7. The first-order valence-corrected chi connectivity index (χ1v) is 12.5. The molecule has 7 nitrogen and oxygen atoms in total. The van der Waals surface area contributed by atoms with Gasteiger partial charge in [-0.15, -0.1) is 0 Å². The summed E-state index contributed by atoms with van der Waals surface area (Å²) in [5.74, 6) is 0.273. The Balaban J connectivity index is 1.13. The Morgan fingerprint density at radius 3 is 2.64 bits per heavy atom. The SMILES string of the molecule is CC1CCC(F)C2CC(C(=O)N[C@@H]3CCC[C@@H](N4CCN5C(C4)NNC5C(F)(F)F)C3)NC12. The van der Waals surface area contributed by atoms with E-state index in [9.17, 15) is 22.4 Å². The lowest BCUT2D eigenvalue weighted by atomic mass is 9.77. The highest BCUT2D eigenvalue weighted by molar-refractivity contribution is 5.82. The van der Waals surface area contributed by atoms with E-state index in [1.54, 1.807) is 0 Å². The van der Waals surface area contributed by atoms with Gasteiger partial charge in [0, 0.05) is 43.7 Å². The molecule has 0 spiro atoms. The smallest absolute Gasteiger partial charge is 0.352 e. The molecule has 0 aromatic heterocycles. The van der Waals surface area contributed by atoms with E-state index in [0.717, 1.165) is 32.1 Å². The number of amides is 1. The van der Waals surface area contributed by atoms with Crippen LogP contribution in [0.1, 0.15) is 51.9 Å². The first-order valence-electron chi connectivity index (χ1n) is 12.5. The van der Waals surface area contributed by atoms with Crippen LogP contribution in [-0.4, -0.2) is 84.2 Å². The molecular weight excluding hydrogens is 440 g/mol. The number of rotatable bonds is 3. The summed E-state index contributed by atoms with van der Waals surface area (Å²) in [6, 6.07) is 0.0333. The maximum Gasteiger partial charge on any atom is 0.418 e. The molecule has 3 saturated heterocycles. The van der Waals surface area contributed by atoms with E-state index in [0.29, 0.717) is 38.4 Å². The number of nitrogens with zero attached hydrogens (tertiary/aromatic N) is 2. The molecule has 5 fully saturated rings. The molecule has 9 atom stereocenters. The Morgan fingerprint density at radius 2 is 1.88 bits per heavy atom. The lowest BCUT2D eigenvalue weighted by molar-refractivity contribution is -0.188. The summed E-state index contributed by atoms with van der Waals surface area (Å²) in [5, 5.41) is 6.61. The van der Waals surface area contributed by atoms with Crippen molar-refractivity contribution in [3.63, 3.8) is 0 Å². The molecule has 7 unspecified atom stereocenters. The largest absolute Gasteiger partial charge is 0.418 e. The van der Waals surface area contributed by atoms with Crippen molar-refractivity contribution in [2.75, 3.05) is 19.6 Å². The molecule has 5 aliphatic rings. The molecule has 0 bridgehead atoms. The third-order valence-electron chi connectivity index (χ3n) is 8.65. The number of hydrogen-bond donors (Lipinski definition) is 4. The molecule has 0 radical (unpaired) electrons. The highest BCUT2D eigenvalue weighted by Crippen LogP contribution is 2.39. The van der Waals surface area contributed by atoms with Gasteiger partial charge in [0.25, 0.3) is 0 Å². The number of piperazine rings is 1. The molecule has 3 heterocycles. The Labute approximate surface area is 192 Å². The van der Waals surface area contributed by atoms with Crippen LogP contribution in [0.4, 0.5) is 17.6 Å². The Morgan fingerprint density at radius 1 is 1.06 bits per heavy atom. The zero-order valence-electron chi connectivity index (χ0n) is 19.1.